The minimum atomic E-state index is 0.0452. The molecular weight excluding hydrogens is 374 g/mol. The maximum absolute atomic E-state index is 12.3. The molecule has 1 amide bonds. The first-order valence-corrected chi connectivity index (χ1v) is 11.7. The van der Waals surface area contributed by atoms with Crippen LogP contribution in [0.1, 0.15) is 50.5 Å². The lowest BCUT2D eigenvalue weighted by atomic mass is 9.84. The summed E-state index contributed by atoms with van der Waals surface area (Å²) in [4.78, 5) is 17.3. The maximum Gasteiger partial charge on any atom is 0.237 e. The van der Waals surface area contributed by atoms with Gasteiger partial charge in [0.2, 0.25) is 5.91 Å². The molecule has 1 aromatic rings. The summed E-state index contributed by atoms with van der Waals surface area (Å²) < 4.78 is 0. The molecule has 1 aliphatic carbocycles. The summed E-state index contributed by atoms with van der Waals surface area (Å²) in [5, 5.41) is 15.7. The van der Waals surface area contributed by atoms with Gasteiger partial charge in [0.25, 0.3) is 0 Å². The van der Waals surface area contributed by atoms with E-state index in [1.54, 1.807) is 0 Å². The molecule has 0 aromatic heterocycles. The summed E-state index contributed by atoms with van der Waals surface area (Å²) >= 11 is 0. The van der Waals surface area contributed by atoms with Crippen LogP contribution >= 0.6 is 0 Å². The number of carbonyl (C=O) groups is 1. The Labute approximate surface area is 180 Å². The van der Waals surface area contributed by atoms with Crippen LogP contribution in [0.25, 0.3) is 0 Å². The molecule has 1 saturated carbocycles. The number of hydrogen-bond acceptors (Lipinski definition) is 5. The fourth-order valence-electron chi connectivity index (χ4n) is 5.17. The number of anilines is 1. The molecule has 2 aliphatic heterocycles. The minimum Gasteiger partial charge on any atom is -0.369 e. The highest BCUT2D eigenvalue weighted by Gasteiger charge is 2.27. The lowest BCUT2D eigenvalue weighted by molar-refractivity contribution is -0.123. The molecule has 0 bridgehead atoms. The molecule has 4 rings (SSSR count). The molecule has 6 nitrogen and oxygen atoms in total. The van der Waals surface area contributed by atoms with Gasteiger partial charge in [0.05, 0.1) is 17.7 Å². The fraction of sp³-hybridized carbons (Fsp3) is 0.667. The Bertz CT molecular complexity index is 738. The number of carbonyl (C=O) groups excluding carboxylic acids is 1. The van der Waals surface area contributed by atoms with E-state index in [1.165, 1.54) is 31.5 Å². The normalized spacial score (nSPS) is 27.6. The fourth-order valence-corrected chi connectivity index (χ4v) is 5.17. The van der Waals surface area contributed by atoms with Gasteiger partial charge in [0, 0.05) is 37.9 Å². The summed E-state index contributed by atoms with van der Waals surface area (Å²) in [5.41, 5.74) is 1.91. The van der Waals surface area contributed by atoms with Crippen molar-refractivity contribution in [1.29, 1.82) is 5.26 Å². The molecule has 3 fully saturated rings. The first-order valence-electron chi connectivity index (χ1n) is 11.7. The van der Waals surface area contributed by atoms with Gasteiger partial charge >= 0.3 is 0 Å². The number of benzene rings is 1. The monoisotopic (exact) mass is 409 g/mol. The maximum atomic E-state index is 12.3. The van der Waals surface area contributed by atoms with Crippen molar-refractivity contribution in [3.8, 4) is 6.07 Å². The van der Waals surface area contributed by atoms with Crippen LogP contribution in [0, 0.1) is 17.2 Å². The molecule has 2 N–H and O–H groups in total. The average molecular weight is 410 g/mol. The van der Waals surface area contributed by atoms with Crippen molar-refractivity contribution in [1.82, 2.24) is 15.5 Å². The number of nitrogens with one attached hydrogen (secondary N) is 2. The summed E-state index contributed by atoms with van der Waals surface area (Å²) in [6.45, 7) is 6.41. The Morgan fingerprint density at radius 2 is 1.93 bits per heavy atom. The van der Waals surface area contributed by atoms with E-state index in [0.29, 0.717) is 6.04 Å². The van der Waals surface area contributed by atoms with Gasteiger partial charge in [-0.3, -0.25) is 9.69 Å². The third-order valence-corrected chi connectivity index (χ3v) is 7.14. The molecule has 1 aromatic carbocycles. The van der Waals surface area contributed by atoms with Crippen molar-refractivity contribution in [3.63, 3.8) is 0 Å². The predicted molar refractivity (Wildman–Crippen MR) is 119 cm³/mol. The molecule has 2 heterocycles. The van der Waals surface area contributed by atoms with Crippen LogP contribution in [0.3, 0.4) is 0 Å². The Kier molecular flexibility index (Phi) is 7.24. The predicted octanol–water partition coefficient (Wildman–Crippen LogP) is 2.50. The zero-order valence-corrected chi connectivity index (χ0v) is 18.0. The third-order valence-electron chi connectivity index (χ3n) is 7.14. The summed E-state index contributed by atoms with van der Waals surface area (Å²) in [5.74, 6) is 1.02. The first-order chi connectivity index (χ1) is 14.7. The Balaban J connectivity index is 1.13. The average Bonchev–Trinajstić information content (AvgIpc) is 3.34. The second-order valence-electron chi connectivity index (χ2n) is 9.15. The van der Waals surface area contributed by atoms with Crippen molar-refractivity contribution >= 4 is 11.6 Å². The van der Waals surface area contributed by atoms with E-state index in [-0.39, 0.29) is 11.9 Å². The van der Waals surface area contributed by atoms with E-state index >= 15 is 0 Å². The zero-order chi connectivity index (χ0) is 20.8. The topological polar surface area (TPSA) is 71.4 Å². The van der Waals surface area contributed by atoms with Gasteiger partial charge < -0.3 is 15.5 Å². The van der Waals surface area contributed by atoms with E-state index < -0.39 is 0 Å². The third kappa shape index (κ3) is 5.53. The summed E-state index contributed by atoms with van der Waals surface area (Å²) in [7, 11) is 0. The van der Waals surface area contributed by atoms with Gasteiger partial charge in [-0.05, 0) is 82.2 Å². The molecule has 2 saturated heterocycles. The van der Waals surface area contributed by atoms with Crippen LogP contribution in [-0.2, 0) is 4.79 Å². The molecule has 3 aliphatic rings. The van der Waals surface area contributed by atoms with E-state index in [4.69, 9.17) is 5.26 Å². The SMILES string of the molecule is N#Cc1cccc(N2CCN(CCC3CCC(NC(=O)C4CCCN4)CC3)CC2)c1. The van der Waals surface area contributed by atoms with Gasteiger partial charge in [-0.1, -0.05) is 6.07 Å². The largest absolute Gasteiger partial charge is 0.369 e. The van der Waals surface area contributed by atoms with Crippen molar-refractivity contribution in [2.24, 2.45) is 5.92 Å². The minimum absolute atomic E-state index is 0.0452. The van der Waals surface area contributed by atoms with E-state index in [2.05, 4.69) is 32.6 Å². The van der Waals surface area contributed by atoms with Gasteiger partial charge in [-0.15, -0.1) is 0 Å². The number of nitriles is 1. The smallest absolute Gasteiger partial charge is 0.237 e. The lowest BCUT2D eigenvalue weighted by Crippen LogP contribution is -2.47. The van der Waals surface area contributed by atoms with Crippen molar-refractivity contribution < 1.29 is 4.79 Å². The van der Waals surface area contributed by atoms with Crippen molar-refractivity contribution in [2.75, 3.05) is 44.2 Å². The Morgan fingerprint density at radius 3 is 2.63 bits per heavy atom. The van der Waals surface area contributed by atoms with Crippen LogP contribution < -0.4 is 15.5 Å². The Morgan fingerprint density at radius 1 is 1.13 bits per heavy atom. The van der Waals surface area contributed by atoms with Crippen LogP contribution in [0.5, 0.6) is 0 Å². The second-order valence-corrected chi connectivity index (χ2v) is 9.15. The van der Waals surface area contributed by atoms with Crippen molar-refractivity contribution in [3.05, 3.63) is 29.8 Å². The highest BCUT2D eigenvalue weighted by molar-refractivity contribution is 5.82. The molecule has 1 unspecified atom stereocenters. The molecule has 0 radical (unpaired) electrons. The highest BCUT2D eigenvalue weighted by atomic mass is 16.2. The molecule has 162 valence electrons. The molecule has 6 heteroatoms. The van der Waals surface area contributed by atoms with Crippen LogP contribution in [0.4, 0.5) is 5.69 Å². The number of hydrogen-bond donors (Lipinski definition) is 2. The van der Waals surface area contributed by atoms with Crippen LogP contribution in [0.15, 0.2) is 24.3 Å². The van der Waals surface area contributed by atoms with E-state index in [1.807, 2.05) is 18.2 Å². The quantitative estimate of drug-likeness (QED) is 0.755. The van der Waals surface area contributed by atoms with Gasteiger partial charge in [-0.2, -0.15) is 5.26 Å². The Hall–Kier alpha value is -2.10. The number of amides is 1. The molecule has 0 spiro atoms. The summed E-state index contributed by atoms with van der Waals surface area (Å²) in [6.07, 6.45) is 8.12. The standard InChI is InChI=1S/C24H35N5O/c25-18-20-3-1-4-22(17-20)29-15-13-28(14-16-29)12-10-19-6-8-21(9-7-19)27-24(30)23-5-2-11-26-23/h1,3-4,17,19,21,23,26H,2,5-16H2,(H,27,30). The van der Waals surface area contributed by atoms with Crippen molar-refractivity contribution in [2.45, 2.75) is 57.0 Å². The van der Waals surface area contributed by atoms with E-state index in [0.717, 1.165) is 69.9 Å². The number of rotatable bonds is 6. The molecular formula is C24H35N5O. The van der Waals surface area contributed by atoms with Crippen LogP contribution in [-0.4, -0.2) is 62.2 Å². The number of nitrogens with zero attached hydrogens (tertiary/aromatic N) is 3. The molecule has 30 heavy (non-hydrogen) atoms. The van der Waals surface area contributed by atoms with Crippen LogP contribution in [0.2, 0.25) is 0 Å². The summed E-state index contributed by atoms with van der Waals surface area (Å²) in [6, 6.07) is 10.6. The highest BCUT2D eigenvalue weighted by Crippen LogP contribution is 2.27. The second kappa shape index (κ2) is 10.3. The van der Waals surface area contributed by atoms with Gasteiger partial charge in [0.15, 0.2) is 0 Å². The van der Waals surface area contributed by atoms with E-state index in [9.17, 15) is 4.79 Å². The number of piperazine rings is 1. The molecule has 1 atom stereocenters. The van der Waals surface area contributed by atoms with Gasteiger partial charge in [0.1, 0.15) is 0 Å². The van der Waals surface area contributed by atoms with Gasteiger partial charge in [-0.25, -0.2) is 0 Å². The first kappa shape index (κ1) is 21.1. The zero-order valence-electron chi connectivity index (χ0n) is 18.0. The lowest BCUT2D eigenvalue weighted by Gasteiger charge is -2.37.